The van der Waals surface area contributed by atoms with Gasteiger partial charge in [0.1, 0.15) is 24.2 Å². The van der Waals surface area contributed by atoms with Gasteiger partial charge in [0, 0.05) is 18.6 Å². The standard InChI is InChI=1S/C13H15ClN4O3/c1-20-11-6-10(12(21-2)5-9(11)14)17-13(19)3-4-18-8-15-7-16-18/h5-8H,3-4H2,1-2H3,(H,17,19). The van der Waals surface area contributed by atoms with Crippen LogP contribution >= 0.6 is 11.6 Å². The van der Waals surface area contributed by atoms with E-state index >= 15 is 0 Å². The Kier molecular flexibility index (Phi) is 4.99. The first kappa shape index (κ1) is 15.1. The fourth-order valence-electron chi connectivity index (χ4n) is 1.74. The average Bonchev–Trinajstić information content (AvgIpc) is 2.99. The second kappa shape index (κ2) is 6.94. The largest absolute Gasteiger partial charge is 0.495 e. The molecule has 1 heterocycles. The summed E-state index contributed by atoms with van der Waals surface area (Å²) < 4.78 is 11.9. The van der Waals surface area contributed by atoms with Crippen molar-refractivity contribution >= 4 is 23.2 Å². The van der Waals surface area contributed by atoms with Crippen LogP contribution in [0.4, 0.5) is 5.69 Å². The Morgan fingerprint density at radius 1 is 1.33 bits per heavy atom. The Bertz CT molecular complexity index is 616. The van der Waals surface area contributed by atoms with Crippen molar-refractivity contribution in [3.63, 3.8) is 0 Å². The number of methoxy groups -OCH3 is 2. The van der Waals surface area contributed by atoms with E-state index in [2.05, 4.69) is 15.4 Å². The summed E-state index contributed by atoms with van der Waals surface area (Å²) in [6, 6.07) is 3.21. The molecule has 21 heavy (non-hydrogen) atoms. The van der Waals surface area contributed by atoms with E-state index in [4.69, 9.17) is 21.1 Å². The maximum absolute atomic E-state index is 12.0. The van der Waals surface area contributed by atoms with Crippen molar-refractivity contribution in [3.05, 3.63) is 29.8 Å². The molecule has 0 saturated heterocycles. The Balaban J connectivity index is 2.05. The molecule has 0 aliphatic carbocycles. The van der Waals surface area contributed by atoms with Gasteiger partial charge in [0.15, 0.2) is 0 Å². The van der Waals surface area contributed by atoms with E-state index in [-0.39, 0.29) is 12.3 Å². The topological polar surface area (TPSA) is 78.3 Å². The first-order valence-corrected chi connectivity index (χ1v) is 6.55. The molecule has 0 fully saturated rings. The van der Waals surface area contributed by atoms with Crippen LogP contribution in [0.2, 0.25) is 5.02 Å². The molecule has 2 aromatic rings. The molecule has 1 N–H and O–H groups in total. The molecule has 1 aromatic heterocycles. The van der Waals surface area contributed by atoms with Crippen LogP contribution in [0, 0.1) is 0 Å². The second-order valence-corrected chi connectivity index (χ2v) is 4.55. The smallest absolute Gasteiger partial charge is 0.226 e. The van der Waals surface area contributed by atoms with E-state index in [9.17, 15) is 4.79 Å². The van der Waals surface area contributed by atoms with E-state index in [1.807, 2.05) is 0 Å². The van der Waals surface area contributed by atoms with Crippen LogP contribution in [0.1, 0.15) is 6.42 Å². The third kappa shape index (κ3) is 3.85. The summed E-state index contributed by atoms with van der Waals surface area (Å²) in [5.41, 5.74) is 0.502. The molecule has 2 rings (SSSR count). The average molecular weight is 311 g/mol. The first-order valence-electron chi connectivity index (χ1n) is 6.18. The molecule has 0 aliphatic rings. The number of halogens is 1. The highest BCUT2D eigenvalue weighted by molar-refractivity contribution is 6.32. The molecule has 1 amide bonds. The number of anilines is 1. The van der Waals surface area contributed by atoms with Gasteiger partial charge >= 0.3 is 0 Å². The van der Waals surface area contributed by atoms with E-state index in [1.165, 1.54) is 20.5 Å². The number of ether oxygens (including phenoxy) is 2. The Hall–Kier alpha value is -2.28. The summed E-state index contributed by atoms with van der Waals surface area (Å²) in [5.74, 6) is 0.757. The predicted molar refractivity (Wildman–Crippen MR) is 77.8 cm³/mol. The molecular weight excluding hydrogens is 296 g/mol. The lowest BCUT2D eigenvalue weighted by Crippen LogP contribution is -2.15. The van der Waals surface area contributed by atoms with Crippen LogP contribution in [0.5, 0.6) is 11.5 Å². The van der Waals surface area contributed by atoms with Gasteiger partial charge < -0.3 is 14.8 Å². The number of nitrogens with one attached hydrogen (secondary N) is 1. The fourth-order valence-corrected chi connectivity index (χ4v) is 1.97. The monoisotopic (exact) mass is 310 g/mol. The van der Waals surface area contributed by atoms with E-state index in [0.29, 0.717) is 28.8 Å². The van der Waals surface area contributed by atoms with Crippen LogP contribution in [0.3, 0.4) is 0 Å². The summed E-state index contributed by atoms with van der Waals surface area (Å²) in [5, 5.41) is 7.11. The van der Waals surface area contributed by atoms with Gasteiger partial charge in [-0.1, -0.05) is 11.6 Å². The van der Waals surface area contributed by atoms with Gasteiger partial charge in [0.05, 0.1) is 31.5 Å². The quantitative estimate of drug-likeness (QED) is 0.882. The number of aryl methyl sites for hydroxylation is 1. The Morgan fingerprint density at radius 2 is 2.10 bits per heavy atom. The highest BCUT2D eigenvalue weighted by atomic mass is 35.5. The lowest BCUT2D eigenvalue weighted by Gasteiger charge is -2.13. The summed E-state index contributed by atoms with van der Waals surface area (Å²) in [6.45, 7) is 0.443. The molecule has 0 bridgehead atoms. The molecule has 8 heteroatoms. The number of aromatic nitrogens is 3. The van der Waals surface area contributed by atoms with Crippen molar-refractivity contribution in [2.45, 2.75) is 13.0 Å². The highest BCUT2D eigenvalue weighted by Gasteiger charge is 2.12. The number of benzene rings is 1. The maximum atomic E-state index is 12.0. The number of carbonyl (C=O) groups is 1. The van der Waals surface area contributed by atoms with E-state index in [0.717, 1.165) is 0 Å². The van der Waals surface area contributed by atoms with Gasteiger partial charge in [-0.05, 0) is 0 Å². The zero-order valence-corrected chi connectivity index (χ0v) is 12.4. The van der Waals surface area contributed by atoms with Crippen LogP contribution < -0.4 is 14.8 Å². The molecule has 7 nitrogen and oxygen atoms in total. The number of carbonyl (C=O) groups excluding carboxylic acids is 1. The minimum Gasteiger partial charge on any atom is -0.495 e. The van der Waals surface area contributed by atoms with Gasteiger partial charge in [0.2, 0.25) is 5.91 Å². The van der Waals surface area contributed by atoms with Gasteiger partial charge in [-0.2, -0.15) is 5.10 Å². The van der Waals surface area contributed by atoms with Crippen molar-refractivity contribution in [3.8, 4) is 11.5 Å². The molecule has 1 aromatic carbocycles. The van der Waals surface area contributed by atoms with Crippen molar-refractivity contribution in [2.75, 3.05) is 19.5 Å². The van der Waals surface area contributed by atoms with Crippen LogP contribution in [0.15, 0.2) is 24.8 Å². The van der Waals surface area contributed by atoms with Crippen molar-refractivity contribution in [1.29, 1.82) is 0 Å². The van der Waals surface area contributed by atoms with Crippen molar-refractivity contribution in [2.24, 2.45) is 0 Å². The van der Waals surface area contributed by atoms with Crippen LogP contribution in [-0.4, -0.2) is 34.9 Å². The summed E-state index contributed by atoms with van der Waals surface area (Å²) in [4.78, 5) is 15.8. The summed E-state index contributed by atoms with van der Waals surface area (Å²) in [6.07, 6.45) is 3.24. The third-order valence-corrected chi connectivity index (χ3v) is 3.08. The normalized spacial score (nSPS) is 10.2. The zero-order chi connectivity index (χ0) is 15.2. The summed E-state index contributed by atoms with van der Waals surface area (Å²) >= 11 is 6.01. The van der Waals surface area contributed by atoms with Crippen LogP contribution in [-0.2, 0) is 11.3 Å². The molecular formula is C13H15ClN4O3. The molecule has 112 valence electrons. The van der Waals surface area contributed by atoms with Gasteiger partial charge in [-0.3, -0.25) is 9.48 Å². The Morgan fingerprint density at radius 3 is 2.71 bits per heavy atom. The SMILES string of the molecule is COc1cc(NC(=O)CCn2cncn2)c(OC)cc1Cl. The van der Waals surface area contributed by atoms with E-state index in [1.54, 1.807) is 23.1 Å². The van der Waals surface area contributed by atoms with Gasteiger partial charge in [-0.25, -0.2) is 4.98 Å². The second-order valence-electron chi connectivity index (χ2n) is 4.14. The molecule has 0 saturated carbocycles. The fraction of sp³-hybridized carbons (Fsp3) is 0.308. The highest BCUT2D eigenvalue weighted by Crippen LogP contribution is 2.35. The number of nitrogens with zero attached hydrogens (tertiary/aromatic N) is 3. The molecule has 0 radical (unpaired) electrons. The maximum Gasteiger partial charge on any atom is 0.226 e. The molecule has 0 spiro atoms. The van der Waals surface area contributed by atoms with Gasteiger partial charge in [-0.15, -0.1) is 0 Å². The Labute approximate surface area is 126 Å². The van der Waals surface area contributed by atoms with Crippen molar-refractivity contribution in [1.82, 2.24) is 14.8 Å². The number of hydrogen-bond donors (Lipinski definition) is 1. The lowest BCUT2D eigenvalue weighted by molar-refractivity contribution is -0.116. The lowest BCUT2D eigenvalue weighted by atomic mass is 10.2. The zero-order valence-electron chi connectivity index (χ0n) is 11.7. The predicted octanol–water partition coefficient (Wildman–Crippen LogP) is 1.98. The third-order valence-electron chi connectivity index (χ3n) is 2.78. The van der Waals surface area contributed by atoms with Gasteiger partial charge in [0.25, 0.3) is 0 Å². The van der Waals surface area contributed by atoms with Crippen LogP contribution in [0.25, 0.3) is 0 Å². The number of hydrogen-bond acceptors (Lipinski definition) is 5. The number of rotatable bonds is 6. The first-order chi connectivity index (χ1) is 10.1. The van der Waals surface area contributed by atoms with E-state index < -0.39 is 0 Å². The number of amides is 1. The minimum absolute atomic E-state index is 0.173. The molecule has 0 atom stereocenters. The molecule has 0 aliphatic heterocycles. The minimum atomic E-state index is -0.173. The molecule has 0 unspecified atom stereocenters. The summed E-state index contributed by atoms with van der Waals surface area (Å²) in [7, 11) is 3.01. The van der Waals surface area contributed by atoms with Crippen molar-refractivity contribution < 1.29 is 14.3 Å².